The van der Waals surface area contributed by atoms with Gasteiger partial charge in [0.1, 0.15) is 5.60 Å². The number of hydrogen-bond acceptors (Lipinski definition) is 5. The number of nitrogens with one attached hydrogen (secondary N) is 2. The molecule has 4 aliphatic rings. The highest BCUT2D eigenvalue weighted by atomic mass is 32.1. The Kier molecular flexibility index (Phi) is 4.43. The van der Waals surface area contributed by atoms with Crippen molar-refractivity contribution in [3.63, 3.8) is 0 Å². The van der Waals surface area contributed by atoms with Crippen molar-refractivity contribution < 1.29 is 19.1 Å². The first-order valence-electron chi connectivity index (χ1n) is 10.2. The van der Waals surface area contributed by atoms with Crippen molar-refractivity contribution in [2.24, 2.45) is 5.92 Å². The monoisotopic (exact) mass is 403 g/mol. The van der Waals surface area contributed by atoms with Crippen LogP contribution in [0.15, 0.2) is 6.07 Å². The molecule has 5 rings (SSSR count). The van der Waals surface area contributed by atoms with Crippen LogP contribution in [0.3, 0.4) is 0 Å². The average Bonchev–Trinajstić information content (AvgIpc) is 3.21. The Hall–Kier alpha value is -1.93. The van der Waals surface area contributed by atoms with Gasteiger partial charge in [0.15, 0.2) is 0 Å². The second-order valence-corrected chi connectivity index (χ2v) is 9.39. The molecule has 1 aliphatic carbocycles. The predicted molar refractivity (Wildman–Crippen MR) is 103 cm³/mol. The summed E-state index contributed by atoms with van der Waals surface area (Å²) >= 11 is 1.56. The van der Waals surface area contributed by atoms with Crippen molar-refractivity contribution in [3.8, 4) is 0 Å². The topological polar surface area (TPSA) is 87.7 Å². The van der Waals surface area contributed by atoms with Gasteiger partial charge in [-0.2, -0.15) is 0 Å². The summed E-state index contributed by atoms with van der Waals surface area (Å²) in [5.74, 6) is -0.172. The van der Waals surface area contributed by atoms with Gasteiger partial charge in [-0.3, -0.25) is 14.4 Å². The van der Waals surface area contributed by atoms with Crippen LogP contribution in [0.25, 0.3) is 0 Å². The van der Waals surface area contributed by atoms with E-state index in [0.29, 0.717) is 38.7 Å². The summed E-state index contributed by atoms with van der Waals surface area (Å²) in [6, 6.07) is 2.39. The Balaban J connectivity index is 1.29. The molecule has 0 aromatic carbocycles. The van der Waals surface area contributed by atoms with Gasteiger partial charge in [0, 0.05) is 37.0 Å². The number of piperidine rings is 1. The van der Waals surface area contributed by atoms with Gasteiger partial charge >= 0.3 is 0 Å². The number of fused-ring (bicyclic) bond motifs is 2. The Morgan fingerprint density at radius 2 is 2.07 bits per heavy atom. The number of rotatable bonds is 3. The van der Waals surface area contributed by atoms with Gasteiger partial charge in [-0.15, -0.1) is 11.3 Å². The molecule has 0 bridgehead atoms. The number of carbonyl (C=O) groups excluding carboxylic acids is 3. The zero-order chi connectivity index (χ0) is 19.3. The molecule has 8 heteroatoms. The molecule has 4 heterocycles. The summed E-state index contributed by atoms with van der Waals surface area (Å²) in [4.78, 5) is 40.4. The third-order valence-corrected chi connectivity index (χ3v) is 7.68. The molecule has 2 N–H and O–H groups in total. The molecule has 1 atom stereocenters. The van der Waals surface area contributed by atoms with Crippen molar-refractivity contribution in [3.05, 3.63) is 21.4 Å². The highest BCUT2D eigenvalue weighted by molar-refractivity contribution is 7.14. The van der Waals surface area contributed by atoms with E-state index < -0.39 is 0 Å². The Bertz CT molecular complexity index is 823. The van der Waals surface area contributed by atoms with E-state index >= 15 is 0 Å². The molecule has 7 nitrogen and oxygen atoms in total. The number of hydrogen-bond donors (Lipinski definition) is 2. The Morgan fingerprint density at radius 3 is 2.75 bits per heavy atom. The summed E-state index contributed by atoms with van der Waals surface area (Å²) in [5, 5.41) is 5.82. The molecule has 1 aromatic heterocycles. The third-order valence-electron chi connectivity index (χ3n) is 6.32. The minimum Gasteiger partial charge on any atom is -0.369 e. The molecular formula is C20H25N3O4S. The first-order valence-corrected chi connectivity index (χ1v) is 11.0. The lowest BCUT2D eigenvalue weighted by Crippen LogP contribution is -2.49. The molecule has 1 spiro atoms. The largest absolute Gasteiger partial charge is 0.369 e. The van der Waals surface area contributed by atoms with E-state index in [4.69, 9.17) is 4.74 Å². The Morgan fingerprint density at radius 1 is 1.29 bits per heavy atom. The highest BCUT2D eigenvalue weighted by Gasteiger charge is 2.44. The molecule has 1 saturated carbocycles. The molecule has 28 heavy (non-hydrogen) atoms. The van der Waals surface area contributed by atoms with E-state index in [-0.39, 0.29) is 29.2 Å². The van der Waals surface area contributed by atoms with Gasteiger partial charge in [0.25, 0.3) is 5.91 Å². The van der Waals surface area contributed by atoms with Crippen molar-refractivity contribution >= 4 is 29.1 Å². The average molecular weight is 404 g/mol. The van der Waals surface area contributed by atoms with E-state index in [1.54, 1.807) is 11.3 Å². The van der Waals surface area contributed by atoms with Crippen molar-refractivity contribution in [1.82, 2.24) is 15.5 Å². The van der Waals surface area contributed by atoms with E-state index in [1.807, 2.05) is 11.0 Å². The molecular weight excluding hydrogens is 378 g/mol. The van der Waals surface area contributed by atoms with Crippen LogP contribution in [0.1, 0.15) is 52.2 Å². The molecule has 1 unspecified atom stereocenters. The number of amides is 3. The van der Waals surface area contributed by atoms with Gasteiger partial charge in [0.2, 0.25) is 11.8 Å². The lowest BCUT2D eigenvalue weighted by molar-refractivity contribution is -0.144. The van der Waals surface area contributed by atoms with Crippen LogP contribution in [0.5, 0.6) is 0 Å². The zero-order valence-electron chi connectivity index (χ0n) is 15.8. The van der Waals surface area contributed by atoms with Gasteiger partial charge < -0.3 is 20.3 Å². The van der Waals surface area contributed by atoms with Gasteiger partial charge in [-0.25, -0.2) is 0 Å². The fraction of sp³-hybridized carbons (Fsp3) is 0.650. The fourth-order valence-corrected chi connectivity index (χ4v) is 5.83. The van der Waals surface area contributed by atoms with E-state index in [1.165, 1.54) is 10.4 Å². The lowest BCUT2D eigenvalue weighted by atomic mass is 9.85. The predicted octanol–water partition coefficient (Wildman–Crippen LogP) is 1.17. The summed E-state index contributed by atoms with van der Waals surface area (Å²) < 4.78 is 6.26. The molecule has 3 amide bonds. The summed E-state index contributed by atoms with van der Waals surface area (Å²) in [5.41, 5.74) is 0.847. The molecule has 1 aromatic rings. The van der Waals surface area contributed by atoms with Gasteiger partial charge in [0.05, 0.1) is 17.4 Å². The maximum Gasteiger partial charge on any atom is 0.261 e. The van der Waals surface area contributed by atoms with Crippen molar-refractivity contribution in [1.29, 1.82) is 0 Å². The first-order chi connectivity index (χ1) is 13.5. The minimum absolute atomic E-state index is 0.0306. The SMILES string of the molecule is O=C1CC(C(=O)N2CCC3(CC2)OCCc2cc(C(=O)NC4CC4)sc23)CN1. The number of nitrogens with zero attached hydrogens (tertiary/aromatic N) is 1. The second-order valence-electron chi connectivity index (χ2n) is 8.34. The normalized spacial score (nSPS) is 26.1. The summed E-state index contributed by atoms with van der Waals surface area (Å²) in [6.07, 6.45) is 4.77. The first kappa shape index (κ1) is 18.1. The van der Waals surface area contributed by atoms with Crippen LogP contribution in [-0.4, -0.2) is 54.9 Å². The van der Waals surface area contributed by atoms with E-state index in [0.717, 1.165) is 37.0 Å². The second kappa shape index (κ2) is 6.84. The number of ether oxygens (including phenoxy) is 1. The summed E-state index contributed by atoms with van der Waals surface area (Å²) in [6.45, 7) is 2.36. The number of likely N-dealkylation sites (tertiary alicyclic amines) is 1. The quantitative estimate of drug-likeness (QED) is 0.793. The molecule has 3 fully saturated rings. The van der Waals surface area contributed by atoms with E-state index in [9.17, 15) is 14.4 Å². The fourth-order valence-electron chi connectivity index (χ4n) is 4.52. The van der Waals surface area contributed by atoms with Crippen molar-refractivity contribution in [2.45, 2.75) is 50.2 Å². The van der Waals surface area contributed by atoms with Crippen LogP contribution in [0, 0.1) is 5.92 Å². The van der Waals surface area contributed by atoms with Crippen LogP contribution < -0.4 is 10.6 Å². The number of carbonyl (C=O) groups is 3. The van der Waals surface area contributed by atoms with Crippen LogP contribution >= 0.6 is 11.3 Å². The number of thiophene rings is 1. The van der Waals surface area contributed by atoms with Crippen molar-refractivity contribution in [2.75, 3.05) is 26.2 Å². The maximum absolute atomic E-state index is 12.7. The lowest BCUT2D eigenvalue weighted by Gasteiger charge is -2.44. The molecule has 3 aliphatic heterocycles. The van der Waals surface area contributed by atoms with Crippen LogP contribution in [0.2, 0.25) is 0 Å². The van der Waals surface area contributed by atoms with Gasteiger partial charge in [-0.05, 0) is 43.7 Å². The molecule has 150 valence electrons. The minimum atomic E-state index is -0.378. The third kappa shape index (κ3) is 3.22. The highest BCUT2D eigenvalue weighted by Crippen LogP contribution is 2.45. The van der Waals surface area contributed by atoms with Gasteiger partial charge in [-0.1, -0.05) is 0 Å². The smallest absolute Gasteiger partial charge is 0.261 e. The summed E-state index contributed by atoms with van der Waals surface area (Å²) in [7, 11) is 0. The van der Waals surface area contributed by atoms with E-state index in [2.05, 4.69) is 10.6 Å². The Labute approximate surface area is 167 Å². The van der Waals surface area contributed by atoms with Crippen LogP contribution in [0.4, 0.5) is 0 Å². The molecule has 0 radical (unpaired) electrons. The van der Waals surface area contributed by atoms with Crippen LogP contribution in [-0.2, 0) is 26.3 Å². The standard InChI is InChI=1S/C20H25N3O4S/c24-16-10-13(11-21-16)19(26)23-6-4-20(5-7-23)17-12(3-8-27-20)9-15(28-17)18(25)22-14-1-2-14/h9,13-14H,1-8,10-11H2,(H,21,24)(H,22,25). The zero-order valence-corrected chi connectivity index (χ0v) is 16.6. The molecule has 2 saturated heterocycles. The maximum atomic E-state index is 12.7.